The zero-order valence-electron chi connectivity index (χ0n) is 19.1. The minimum absolute atomic E-state index is 0.402. The van der Waals surface area contributed by atoms with Gasteiger partial charge in [-0.15, -0.1) is 0 Å². The Labute approximate surface area is 185 Å². The van der Waals surface area contributed by atoms with E-state index in [9.17, 15) is 0 Å². The Hall–Kier alpha value is -3.59. The average molecular weight is 434 g/mol. The summed E-state index contributed by atoms with van der Waals surface area (Å²) in [5.41, 5.74) is 12.1. The van der Waals surface area contributed by atoms with Crippen molar-refractivity contribution in [3.05, 3.63) is 40.8 Å². The SMILES string of the molecule is COc1cc2c(cc1-c1c(C)noc1C)[nH]c1nc(C)nc(NC3=C(C(C)C)CNN3)c12. The Balaban J connectivity index is 1.74. The minimum Gasteiger partial charge on any atom is -0.496 e. The molecule has 9 nitrogen and oxygen atoms in total. The molecule has 1 aromatic carbocycles. The summed E-state index contributed by atoms with van der Waals surface area (Å²) in [5, 5.41) is 9.50. The molecule has 5 rings (SSSR count). The lowest BCUT2D eigenvalue weighted by atomic mass is 10.0. The smallest absolute Gasteiger partial charge is 0.145 e. The van der Waals surface area contributed by atoms with Crippen molar-refractivity contribution < 1.29 is 9.26 Å². The van der Waals surface area contributed by atoms with Crippen LogP contribution in [0.1, 0.15) is 31.1 Å². The van der Waals surface area contributed by atoms with E-state index in [1.165, 1.54) is 5.57 Å². The van der Waals surface area contributed by atoms with Gasteiger partial charge in [0.1, 0.15) is 34.6 Å². The fraction of sp³-hybridized carbons (Fsp3) is 0.348. The number of nitrogens with one attached hydrogen (secondary N) is 4. The number of hydrogen-bond donors (Lipinski definition) is 4. The number of methoxy groups -OCH3 is 1. The highest BCUT2D eigenvalue weighted by atomic mass is 16.5. The number of rotatable bonds is 5. The van der Waals surface area contributed by atoms with E-state index in [1.54, 1.807) is 7.11 Å². The molecule has 4 heterocycles. The van der Waals surface area contributed by atoms with E-state index in [0.29, 0.717) is 11.7 Å². The molecule has 0 aliphatic carbocycles. The molecule has 0 saturated heterocycles. The molecule has 0 spiro atoms. The van der Waals surface area contributed by atoms with Gasteiger partial charge in [-0.05, 0) is 44.4 Å². The van der Waals surface area contributed by atoms with E-state index in [0.717, 1.165) is 68.5 Å². The summed E-state index contributed by atoms with van der Waals surface area (Å²) < 4.78 is 11.2. The van der Waals surface area contributed by atoms with Crippen molar-refractivity contribution in [2.75, 3.05) is 19.0 Å². The van der Waals surface area contributed by atoms with Gasteiger partial charge in [-0.3, -0.25) is 0 Å². The standard InChI is InChI=1S/C23H27N7O2/c1-10(2)16-9-24-29-21(16)28-23-20-14-8-18(31-6)15(19-11(3)30-32-12(19)4)7-17(14)27-22(20)25-13(5)26-23/h7-8,10,24,29H,9H2,1-6H3,(H2,25,26,27,28). The number of H-pyrrole nitrogens is 1. The first-order valence-electron chi connectivity index (χ1n) is 10.7. The highest BCUT2D eigenvalue weighted by molar-refractivity contribution is 6.13. The van der Waals surface area contributed by atoms with Crippen LogP contribution in [0.3, 0.4) is 0 Å². The first-order valence-corrected chi connectivity index (χ1v) is 10.7. The van der Waals surface area contributed by atoms with Crippen LogP contribution >= 0.6 is 0 Å². The van der Waals surface area contributed by atoms with Gasteiger partial charge in [0.15, 0.2) is 0 Å². The van der Waals surface area contributed by atoms with Crippen LogP contribution in [0.2, 0.25) is 0 Å². The molecule has 0 radical (unpaired) electrons. The van der Waals surface area contributed by atoms with Gasteiger partial charge < -0.3 is 25.0 Å². The summed E-state index contributed by atoms with van der Waals surface area (Å²) in [6.07, 6.45) is 0. The van der Waals surface area contributed by atoms with Gasteiger partial charge in [0, 0.05) is 23.0 Å². The van der Waals surface area contributed by atoms with Gasteiger partial charge in [0.25, 0.3) is 0 Å². The Morgan fingerprint density at radius 2 is 1.97 bits per heavy atom. The molecule has 0 fully saturated rings. The Morgan fingerprint density at radius 1 is 1.16 bits per heavy atom. The number of aromatic amines is 1. The largest absolute Gasteiger partial charge is 0.496 e. The summed E-state index contributed by atoms with van der Waals surface area (Å²) in [6.45, 7) is 10.9. The number of aryl methyl sites for hydroxylation is 3. The normalized spacial score (nSPS) is 14.1. The third kappa shape index (κ3) is 3.16. The number of nitrogens with zero attached hydrogens (tertiary/aromatic N) is 3. The van der Waals surface area contributed by atoms with Gasteiger partial charge in [-0.2, -0.15) is 0 Å². The molecule has 0 amide bonds. The number of hydrazine groups is 1. The average Bonchev–Trinajstić information content (AvgIpc) is 3.43. The molecule has 9 heteroatoms. The molecule has 32 heavy (non-hydrogen) atoms. The summed E-state index contributed by atoms with van der Waals surface area (Å²) >= 11 is 0. The van der Waals surface area contributed by atoms with E-state index in [2.05, 4.69) is 51.2 Å². The van der Waals surface area contributed by atoms with Gasteiger partial charge in [0.2, 0.25) is 0 Å². The third-order valence-corrected chi connectivity index (χ3v) is 5.94. The molecule has 166 valence electrons. The summed E-state index contributed by atoms with van der Waals surface area (Å²) in [7, 11) is 1.67. The van der Waals surface area contributed by atoms with Crippen LogP contribution in [-0.2, 0) is 0 Å². The van der Waals surface area contributed by atoms with Crippen LogP contribution in [-0.4, -0.2) is 33.8 Å². The monoisotopic (exact) mass is 433 g/mol. The van der Waals surface area contributed by atoms with Crippen molar-refractivity contribution in [1.29, 1.82) is 0 Å². The molecular formula is C23H27N7O2. The number of anilines is 1. The molecule has 4 aromatic rings. The molecule has 0 atom stereocenters. The van der Waals surface area contributed by atoms with Crippen molar-refractivity contribution in [1.82, 2.24) is 31.0 Å². The molecule has 0 saturated carbocycles. The first kappa shape index (κ1) is 20.3. The quantitative estimate of drug-likeness (QED) is 0.372. The first-order chi connectivity index (χ1) is 15.4. The maximum Gasteiger partial charge on any atom is 0.145 e. The zero-order valence-corrected chi connectivity index (χ0v) is 19.1. The van der Waals surface area contributed by atoms with Crippen LogP contribution in [0, 0.1) is 26.7 Å². The molecule has 1 aliphatic rings. The van der Waals surface area contributed by atoms with E-state index in [-0.39, 0.29) is 0 Å². The van der Waals surface area contributed by atoms with E-state index < -0.39 is 0 Å². The third-order valence-electron chi connectivity index (χ3n) is 5.94. The van der Waals surface area contributed by atoms with E-state index in [1.807, 2.05) is 26.8 Å². The number of ether oxygens (including phenoxy) is 1. The molecule has 1 aliphatic heterocycles. The van der Waals surface area contributed by atoms with Crippen LogP contribution < -0.4 is 20.9 Å². The summed E-state index contributed by atoms with van der Waals surface area (Å²) in [6, 6.07) is 4.09. The van der Waals surface area contributed by atoms with Crippen molar-refractivity contribution >= 4 is 27.8 Å². The molecule has 3 aromatic heterocycles. The number of aromatic nitrogens is 4. The number of hydrogen-bond acceptors (Lipinski definition) is 8. The fourth-order valence-corrected chi connectivity index (χ4v) is 4.38. The lowest BCUT2D eigenvalue weighted by molar-refractivity contribution is 0.393. The second kappa shape index (κ2) is 7.52. The van der Waals surface area contributed by atoms with Crippen molar-refractivity contribution in [2.24, 2.45) is 5.92 Å². The fourth-order valence-electron chi connectivity index (χ4n) is 4.38. The zero-order chi connectivity index (χ0) is 22.6. The van der Waals surface area contributed by atoms with Gasteiger partial charge >= 0.3 is 0 Å². The summed E-state index contributed by atoms with van der Waals surface area (Å²) in [5.74, 6) is 4.26. The van der Waals surface area contributed by atoms with Gasteiger partial charge in [0.05, 0.1) is 23.8 Å². The maximum absolute atomic E-state index is 5.77. The van der Waals surface area contributed by atoms with Gasteiger partial charge in [-0.25, -0.2) is 15.4 Å². The van der Waals surface area contributed by atoms with Crippen LogP contribution in [0.25, 0.3) is 33.1 Å². The van der Waals surface area contributed by atoms with Crippen molar-refractivity contribution in [2.45, 2.75) is 34.6 Å². The highest BCUT2D eigenvalue weighted by Gasteiger charge is 2.22. The van der Waals surface area contributed by atoms with Gasteiger partial charge in [-0.1, -0.05) is 19.0 Å². The molecular weight excluding hydrogens is 406 g/mol. The van der Waals surface area contributed by atoms with E-state index >= 15 is 0 Å². The van der Waals surface area contributed by atoms with Crippen LogP contribution in [0.15, 0.2) is 28.0 Å². The maximum atomic E-state index is 5.77. The number of fused-ring (bicyclic) bond motifs is 3. The highest BCUT2D eigenvalue weighted by Crippen LogP contribution is 2.40. The molecule has 4 N–H and O–H groups in total. The molecule has 0 bridgehead atoms. The Kier molecular flexibility index (Phi) is 4.78. The van der Waals surface area contributed by atoms with Crippen molar-refractivity contribution in [3.8, 4) is 16.9 Å². The van der Waals surface area contributed by atoms with E-state index in [4.69, 9.17) is 14.2 Å². The lowest BCUT2D eigenvalue weighted by Crippen LogP contribution is -2.27. The number of benzene rings is 1. The Bertz CT molecular complexity index is 1360. The molecule has 0 unspecified atom stereocenters. The van der Waals surface area contributed by atoms with Crippen LogP contribution in [0.4, 0.5) is 5.82 Å². The predicted octanol–water partition coefficient (Wildman–Crippen LogP) is 4.09. The second-order valence-corrected chi connectivity index (χ2v) is 8.42. The van der Waals surface area contributed by atoms with Crippen LogP contribution in [0.5, 0.6) is 5.75 Å². The Morgan fingerprint density at radius 3 is 2.66 bits per heavy atom. The second-order valence-electron chi connectivity index (χ2n) is 8.42. The minimum atomic E-state index is 0.402. The van der Waals surface area contributed by atoms with Crippen molar-refractivity contribution in [3.63, 3.8) is 0 Å². The predicted molar refractivity (Wildman–Crippen MR) is 124 cm³/mol. The lowest BCUT2D eigenvalue weighted by Gasteiger charge is -2.13. The topological polar surface area (TPSA) is 113 Å². The summed E-state index contributed by atoms with van der Waals surface area (Å²) in [4.78, 5) is 12.8.